The summed E-state index contributed by atoms with van der Waals surface area (Å²) in [5, 5.41) is 0. The number of rotatable bonds is 1. The van der Waals surface area contributed by atoms with E-state index in [2.05, 4.69) is 27.5 Å². The molecule has 0 N–H and O–H groups in total. The van der Waals surface area contributed by atoms with Gasteiger partial charge in [-0.05, 0) is 31.0 Å². The lowest BCUT2D eigenvalue weighted by Gasteiger charge is -2.17. The Morgan fingerprint density at radius 3 is 2.82 bits per heavy atom. The first-order valence-electron chi connectivity index (χ1n) is 5.74. The molecular weight excluding hydrogens is 214 g/mol. The highest BCUT2D eigenvalue weighted by molar-refractivity contribution is 5.89. The van der Waals surface area contributed by atoms with Gasteiger partial charge in [-0.1, -0.05) is 12.0 Å². The molecule has 1 fully saturated rings. The van der Waals surface area contributed by atoms with Crippen molar-refractivity contribution in [3.63, 3.8) is 0 Å². The van der Waals surface area contributed by atoms with E-state index >= 15 is 0 Å². The van der Waals surface area contributed by atoms with Crippen LogP contribution in [0.5, 0.6) is 0 Å². The number of carbonyl (C=O) groups excluding carboxylic acids is 1. The van der Waals surface area contributed by atoms with Gasteiger partial charge >= 0.3 is 5.97 Å². The van der Waals surface area contributed by atoms with Crippen LogP contribution in [0.3, 0.4) is 0 Å². The summed E-state index contributed by atoms with van der Waals surface area (Å²) in [4.78, 5) is 13.3. The van der Waals surface area contributed by atoms with Gasteiger partial charge in [-0.25, -0.2) is 4.79 Å². The molecule has 1 aliphatic rings. The molecule has 88 valence electrons. The van der Waals surface area contributed by atoms with Crippen molar-refractivity contribution < 1.29 is 9.53 Å². The number of methoxy groups -OCH3 is 1. The maximum absolute atomic E-state index is 10.9. The summed E-state index contributed by atoms with van der Waals surface area (Å²) in [6, 6.07) is 7.96. The molecule has 1 saturated heterocycles. The highest BCUT2D eigenvalue weighted by Gasteiger charge is 2.11. The lowest BCUT2D eigenvalue weighted by molar-refractivity contribution is -0.133. The van der Waals surface area contributed by atoms with Crippen LogP contribution in [-0.4, -0.2) is 26.2 Å². The van der Waals surface area contributed by atoms with Crippen molar-refractivity contribution in [2.75, 3.05) is 25.1 Å². The number of anilines is 1. The molecule has 1 heterocycles. The Labute approximate surface area is 101 Å². The van der Waals surface area contributed by atoms with Crippen LogP contribution in [-0.2, 0) is 9.53 Å². The van der Waals surface area contributed by atoms with E-state index in [1.807, 2.05) is 18.2 Å². The van der Waals surface area contributed by atoms with Crippen LogP contribution in [0, 0.1) is 11.8 Å². The molecular formula is C14H15NO2. The zero-order valence-electron chi connectivity index (χ0n) is 9.90. The van der Waals surface area contributed by atoms with E-state index in [-0.39, 0.29) is 0 Å². The molecule has 1 aromatic carbocycles. The van der Waals surface area contributed by atoms with Gasteiger partial charge in [0, 0.05) is 30.3 Å². The lowest BCUT2D eigenvalue weighted by atomic mass is 10.2. The Morgan fingerprint density at radius 2 is 2.12 bits per heavy atom. The molecule has 0 saturated carbocycles. The van der Waals surface area contributed by atoms with E-state index in [1.54, 1.807) is 0 Å². The molecule has 0 atom stereocenters. The van der Waals surface area contributed by atoms with E-state index in [1.165, 1.54) is 25.6 Å². The van der Waals surface area contributed by atoms with Crippen molar-refractivity contribution in [1.29, 1.82) is 0 Å². The van der Waals surface area contributed by atoms with Crippen LogP contribution in [0.2, 0.25) is 0 Å². The van der Waals surface area contributed by atoms with E-state index in [0.717, 1.165) is 18.7 Å². The van der Waals surface area contributed by atoms with Gasteiger partial charge in [0.2, 0.25) is 0 Å². The van der Waals surface area contributed by atoms with Gasteiger partial charge < -0.3 is 9.64 Å². The van der Waals surface area contributed by atoms with Crippen LogP contribution < -0.4 is 4.90 Å². The minimum atomic E-state index is -0.503. The minimum Gasteiger partial charge on any atom is -0.459 e. The third kappa shape index (κ3) is 3.01. The smallest absolute Gasteiger partial charge is 0.384 e. The zero-order valence-corrected chi connectivity index (χ0v) is 9.90. The van der Waals surface area contributed by atoms with E-state index in [0.29, 0.717) is 0 Å². The normalized spacial score (nSPS) is 14.1. The quantitative estimate of drug-likeness (QED) is 0.543. The molecule has 3 nitrogen and oxygen atoms in total. The second-order valence-electron chi connectivity index (χ2n) is 3.99. The Kier molecular flexibility index (Phi) is 3.66. The average Bonchev–Trinajstić information content (AvgIpc) is 2.90. The monoisotopic (exact) mass is 229 g/mol. The second-order valence-corrected chi connectivity index (χ2v) is 3.99. The molecule has 0 radical (unpaired) electrons. The Morgan fingerprint density at radius 1 is 1.35 bits per heavy atom. The van der Waals surface area contributed by atoms with Crippen LogP contribution >= 0.6 is 0 Å². The van der Waals surface area contributed by atoms with Crippen molar-refractivity contribution in [3.8, 4) is 11.8 Å². The van der Waals surface area contributed by atoms with Crippen molar-refractivity contribution >= 4 is 11.7 Å². The van der Waals surface area contributed by atoms with Crippen LogP contribution in [0.25, 0.3) is 0 Å². The molecule has 0 aliphatic carbocycles. The number of hydrogen-bond acceptors (Lipinski definition) is 3. The second kappa shape index (κ2) is 5.40. The van der Waals surface area contributed by atoms with Crippen molar-refractivity contribution in [1.82, 2.24) is 0 Å². The van der Waals surface area contributed by atoms with E-state index in [9.17, 15) is 4.79 Å². The summed E-state index contributed by atoms with van der Waals surface area (Å²) < 4.78 is 4.48. The number of benzene rings is 1. The summed E-state index contributed by atoms with van der Waals surface area (Å²) in [7, 11) is 1.33. The zero-order chi connectivity index (χ0) is 12.1. The largest absolute Gasteiger partial charge is 0.459 e. The molecule has 0 aromatic heterocycles. The lowest BCUT2D eigenvalue weighted by Crippen LogP contribution is -2.17. The molecule has 0 unspecified atom stereocenters. The number of nitrogens with zero attached hydrogens (tertiary/aromatic N) is 1. The summed E-state index contributed by atoms with van der Waals surface area (Å²) in [6.07, 6.45) is 2.50. The molecule has 0 amide bonds. The topological polar surface area (TPSA) is 29.5 Å². The molecule has 0 spiro atoms. The molecule has 1 aromatic rings. The predicted molar refractivity (Wildman–Crippen MR) is 66.8 cm³/mol. The first-order valence-corrected chi connectivity index (χ1v) is 5.74. The Hall–Kier alpha value is -1.95. The van der Waals surface area contributed by atoms with Crippen LogP contribution in [0.4, 0.5) is 5.69 Å². The maximum atomic E-state index is 10.9. The molecule has 17 heavy (non-hydrogen) atoms. The fourth-order valence-electron chi connectivity index (χ4n) is 1.93. The van der Waals surface area contributed by atoms with Gasteiger partial charge in [-0.3, -0.25) is 0 Å². The number of esters is 1. The number of hydrogen-bond donors (Lipinski definition) is 0. The molecule has 0 bridgehead atoms. The Balaban J connectivity index is 2.15. The van der Waals surface area contributed by atoms with E-state index < -0.39 is 5.97 Å². The first kappa shape index (κ1) is 11.5. The minimum absolute atomic E-state index is 0.503. The molecule has 2 rings (SSSR count). The van der Waals surface area contributed by atoms with Gasteiger partial charge in [-0.15, -0.1) is 0 Å². The number of ether oxygens (including phenoxy) is 1. The summed E-state index contributed by atoms with van der Waals surface area (Å²) in [5.41, 5.74) is 2.03. The van der Waals surface area contributed by atoms with Crippen LogP contribution in [0.1, 0.15) is 18.4 Å². The van der Waals surface area contributed by atoms with Crippen molar-refractivity contribution in [3.05, 3.63) is 29.8 Å². The third-order valence-corrected chi connectivity index (χ3v) is 2.81. The van der Waals surface area contributed by atoms with Gasteiger partial charge in [-0.2, -0.15) is 0 Å². The highest BCUT2D eigenvalue weighted by atomic mass is 16.5. The summed E-state index contributed by atoms with van der Waals surface area (Å²) in [5.74, 6) is 4.74. The fourth-order valence-corrected chi connectivity index (χ4v) is 1.93. The van der Waals surface area contributed by atoms with Gasteiger partial charge in [0.15, 0.2) is 0 Å². The van der Waals surface area contributed by atoms with Gasteiger partial charge in [0.1, 0.15) is 0 Å². The average molecular weight is 229 g/mol. The first-order chi connectivity index (χ1) is 8.29. The predicted octanol–water partition coefficient (Wildman–Crippen LogP) is 1.81. The summed E-state index contributed by atoms with van der Waals surface area (Å²) >= 11 is 0. The van der Waals surface area contributed by atoms with Crippen molar-refractivity contribution in [2.45, 2.75) is 12.8 Å². The van der Waals surface area contributed by atoms with Crippen molar-refractivity contribution in [2.24, 2.45) is 0 Å². The standard InChI is InChI=1S/C14H15NO2/c1-17-14(16)8-7-12-5-4-6-13(11-12)15-9-2-3-10-15/h4-6,11H,2-3,9-10H2,1H3. The highest BCUT2D eigenvalue weighted by Crippen LogP contribution is 2.20. The third-order valence-electron chi connectivity index (χ3n) is 2.81. The van der Waals surface area contributed by atoms with Crippen LogP contribution in [0.15, 0.2) is 24.3 Å². The fraction of sp³-hybridized carbons (Fsp3) is 0.357. The molecule has 3 heteroatoms. The van der Waals surface area contributed by atoms with Gasteiger partial charge in [0.25, 0.3) is 0 Å². The number of carbonyl (C=O) groups is 1. The SMILES string of the molecule is COC(=O)C#Cc1cccc(N2CCCC2)c1. The summed E-state index contributed by atoms with van der Waals surface area (Å²) in [6.45, 7) is 2.21. The molecule has 1 aliphatic heterocycles. The Bertz CT molecular complexity index is 465. The van der Waals surface area contributed by atoms with Gasteiger partial charge in [0.05, 0.1) is 7.11 Å². The maximum Gasteiger partial charge on any atom is 0.384 e. The van der Waals surface area contributed by atoms with E-state index in [4.69, 9.17) is 0 Å².